The van der Waals surface area contributed by atoms with Crippen molar-refractivity contribution < 1.29 is 18.6 Å². The van der Waals surface area contributed by atoms with Crippen molar-refractivity contribution in [2.24, 2.45) is 5.92 Å². The molecule has 2 rings (SSSR count). The van der Waals surface area contributed by atoms with Gasteiger partial charge >= 0.3 is 0 Å². The van der Waals surface area contributed by atoms with Gasteiger partial charge in [-0.2, -0.15) is 0 Å². The topological polar surface area (TPSA) is 86.6 Å². The van der Waals surface area contributed by atoms with Crippen LogP contribution in [-0.2, 0) is 16.4 Å². The summed E-state index contributed by atoms with van der Waals surface area (Å²) >= 11 is 0. The lowest BCUT2D eigenvalue weighted by molar-refractivity contribution is 0.397. The number of sulfonamides is 1. The van der Waals surface area contributed by atoms with Gasteiger partial charge < -0.3 is 10.2 Å². The van der Waals surface area contributed by atoms with Crippen molar-refractivity contribution in [3.8, 4) is 11.5 Å². The minimum absolute atomic E-state index is 0.0335. The van der Waals surface area contributed by atoms with E-state index in [-0.39, 0.29) is 39.8 Å². The van der Waals surface area contributed by atoms with E-state index in [0.29, 0.717) is 18.4 Å². The molecule has 0 saturated heterocycles. The molecule has 0 radical (unpaired) electrons. The second kappa shape index (κ2) is 8.70. The third-order valence-corrected chi connectivity index (χ3v) is 7.02. The van der Waals surface area contributed by atoms with Gasteiger partial charge in [0.25, 0.3) is 0 Å². The summed E-state index contributed by atoms with van der Waals surface area (Å²) in [6.07, 6.45) is 4.93. The Hall–Kier alpha value is -1.79. The Bertz CT molecular complexity index is 884. The molecular weight excluding hydrogens is 374 g/mol. The molecule has 1 aliphatic rings. The fourth-order valence-electron chi connectivity index (χ4n) is 4.06. The lowest BCUT2D eigenvalue weighted by Crippen LogP contribution is -2.31. The van der Waals surface area contributed by atoms with E-state index >= 15 is 0 Å². The summed E-state index contributed by atoms with van der Waals surface area (Å²) in [5, 5.41) is 21.9. The van der Waals surface area contributed by atoms with Gasteiger partial charge in [-0.15, -0.1) is 0 Å². The number of phenolic OH excluding ortho intramolecular Hbond substituents is 2. The number of nitrogens with one attached hydrogen (secondary N) is 1. The summed E-state index contributed by atoms with van der Waals surface area (Å²) in [5.41, 5.74) is 2.81. The number of phenols is 2. The quantitative estimate of drug-likeness (QED) is 0.569. The van der Waals surface area contributed by atoms with Gasteiger partial charge in [0, 0.05) is 17.5 Å². The number of aryl methyl sites for hydroxylation is 1. The molecule has 5 nitrogen and oxygen atoms in total. The van der Waals surface area contributed by atoms with Crippen LogP contribution in [0.4, 0.5) is 0 Å². The predicted octanol–water partition coefficient (Wildman–Crippen LogP) is 4.75. The molecule has 0 bridgehead atoms. The zero-order chi connectivity index (χ0) is 21.2. The van der Waals surface area contributed by atoms with Crippen LogP contribution in [0.3, 0.4) is 0 Å². The van der Waals surface area contributed by atoms with Crippen LogP contribution in [0.2, 0.25) is 0 Å². The van der Waals surface area contributed by atoms with Crippen LogP contribution in [0.1, 0.15) is 70.9 Å². The van der Waals surface area contributed by atoms with Gasteiger partial charge in [-0.1, -0.05) is 37.1 Å². The maximum absolute atomic E-state index is 13.0. The van der Waals surface area contributed by atoms with E-state index in [1.807, 2.05) is 26.8 Å². The molecule has 1 aromatic carbocycles. The van der Waals surface area contributed by atoms with E-state index in [1.54, 1.807) is 13.8 Å². The van der Waals surface area contributed by atoms with E-state index in [2.05, 4.69) is 11.3 Å². The molecule has 0 aliphatic heterocycles. The van der Waals surface area contributed by atoms with E-state index in [4.69, 9.17) is 0 Å². The number of hydrogen-bond donors (Lipinski definition) is 3. The summed E-state index contributed by atoms with van der Waals surface area (Å²) < 4.78 is 28.6. The first-order valence-corrected chi connectivity index (χ1v) is 11.4. The maximum atomic E-state index is 13.0. The number of hydrogen-bond acceptors (Lipinski definition) is 4. The zero-order valence-corrected chi connectivity index (χ0v) is 18.4. The Kier molecular flexibility index (Phi) is 6.99. The minimum atomic E-state index is -3.93. The Morgan fingerprint density at radius 1 is 1.36 bits per heavy atom. The number of benzene rings is 1. The van der Waals surface area contributed by atoms with Crippen molar-refractivity contribution in [2.75, 3.05) is 0 Å². The van der Waals surface area contributed by atoms with Crippen LogP contribution < -0.4 is 4.72 Å². The molecule has 3 N–H and O–H groups in total. The van der Waals surface area contributed by atoms with E-state index in [9.17, 15) is 18.6 Å². The molecular formula is C22H33NO4S. The third kappa shape index (κ3) is 4.61. The molecule has 0 amide bonds. The van der Waals surface area contributed by atoms with Crippen LogP contribution in [0.25, 0.3) is 0 Å². The third-order valence-electron chi connectivity index (χ3n) is 5.24. The molecule has 28 heavy (non-hydrogen) atoms. The van der Waals surface area contributed by atoms with Crippen molar-refractivity contribution in [1.82, 2.24) is 4.72 Å². The second-order valence-electron chi connectivity index (χ2n) is 8.20. The molecule has 0 fully saturated rings. The lowest BCUT2D eigenvalue weighted by atomic mass is 9.73. The van der Waals surface area contributed by atoms with Crippen molar-refractivity contribution in [1.29, 1.82) is 0 Å². The average molecular weight is 408 g/mol. The first-order chi connectivity index (χ1) is 13.0. The van der Waals surface area contributed by atoms with Crippen LogP contribution >= 0.6 is 0 Å². The monoisotopic (exact) mass is 407 g/mol. The number of aromatic hydroxyl groups is 2. The smallest absolute Gasteiger partial charge is 0.244 e. The van der Waals surface area contributed by atoms with Crippen LogP contribution in [0.15, 0.2) is 34.8 Å². The molecule has 2 atom stereocenters. The number of rotatable bonds is 7. The normalized spacial score (nSPS) is 20.3. The molecule has 0 spiro atoms. The Morgan fingerprint density at radius 3 is 2.54 bits per heavy atom. The predicted molar refractivity (Wildman–Crippen MR) is 113 cm³/mol. The van der Waals surface area contributed by atoms with Gasteiger partial charge in [0.05, 0.1) is 0 Å². The standard InChI is InChI=1S/C22H33NO4S/c1-7-8-16-12-19(24)20(18-11-15(6)9-10-17(18)13(2)3)21(25)22(16)28(26,27)23-14(4)5/h11-12,14,17-18,23-25H,2,7-10H2,1,3-6H3. The first-order valence-electron chi connectivity index (χ1n) is 9.92. The Balaban J connectivity index is 2.77. The van der Waals surface area contributed by atoms with Crippen LogP contribution in [0.5, 0.6) is 11.5 Å². The first kappa shape index (κ1) is 22.5. The van der Waals surface area contributed by atoms with Gasteiger partial charge in [-0.05, 0) is 64.5 Å². The van der Waals surface area contributed by atoms with Crippen molar-refractivity contribution in [3.63, 3.8) is 0 Å². The van der Waals surface area contributed by atoms with Gasteiger partial charge in [-0.25, -0.2) is 13.1 Å². The summed E-state index contributed by atoms with van der Waals surface area (Å²) in [5.74, 6) is -0.688. The maximum Gasteiger partial charge on any atom is 0.244 e. The van der Waals surface area contributed by atoms with E-state index in [0.717, 1.165) is 24.0 Å². The highest BCUT2D eigenvalue weighted by Gasteiger charge is 2.34. The lowest BCUT2D eigenvalue weighted by Gasteiger charge is -2.32. The molecule has 0 heterocycles. The molecule has 156 valence electrons. The highest BCUT2D eigenvalue weighted by molar-refractivity contribution is 7.89. The molecule has 1 aromatic rings. The fourth-order valence-corrected chi connectivity index (χ4v) is 5.67. The molecule has 0 saturated carbocycles. The highest BCUT2D eigenvalue weighted by atomic mass is 32.2. The highest BCUT2D eigenvalue weighted by Crippen LogP contribution is 2.49. The van der Waals surface area contributed by atoms with Gasteiger partial charge in [0.1, 0.15) is 16.4 Å². The van der Waals surface area contributed by atoms with E-state index in [1.165, 1.54) is 6.07 Å². The summed E-state index contributed by atoms with van der Waals surface area (Å²) in [4.78, 5) is -0.118. The largest absolute Gasteiger partial charge is 0.507 e. The van der Waals surface area contributed by atoms with Crippen LogP contribution in [-0.4, -0.2) is 24.7 Å². The Morgan fingerprint density at radius 2 is 2.00 bits per heavy atom. The molecule has 0 aromatic heterocycles. The fraction of sp³-hybridized carbons (Fsp3) is 0.545. The minimum Gasteiger partial charge on any atom is -0.507 e. The molecule has 1 aliphatic carbocycles. The summed E-state index contributed by atoms with van der Waals surface area (Å²) in [6.45, 7) is 13.4. The number of allylic oxidation sites excluding steroid dienone is 3. The molecule has 2 unspecified atom stereocenters. The zero-order valence-electron chi connectivity index (χ0n) is 17.5. The van der Waals surface area contributed by atoms with Crippen molar-refractivity contribution in [2.45, 2.75) is 77.2 Å². The average Bonchev–Trinajstić information content (AvgIpc) is 2.52. The van der Waals surface area contributed by atoms with Crippen molar-refractivity contribution in [3.05, 3.63) is 41.0 Å². The second-order valence-corrected chi connectivity index (χ2v) is 9.85. The summed E-state index contributed by atoms with van der Waals surface area (Å²) in [7, 11) is -3.93. The molecule has 6 heteroatoms. The van der Waals surface area contributed by atoms with Crippen LogP contribution in [0, 0.1) is 5.92 Å². The van der Waals surface area contributed by atoms with Crippen molar-refractivity contribution >= 4 is 10.0 Å². The summed E-state index contributed by atoms with van der Waals surface area (Å²) in [6, 6.07) is 1.19. The van der Waals surface area contributed by atoms with Gasteiger partial charge in [-0.3, -0.25) is 0 Å². The van der Waals surface area contributed by atoms with Gasteiger partial charge in [0.15, 0.2) is 0 Å². The van der Waals surface area contributed by atoms with Gasteiger partial charge in [0.2, 0.25) is 10.0 Å². The van der Waals surface area contributed by atoms with E-state index < -0.39 is 10.0 Å². The Labute approximate surface area is 169 Å². The SMILES string of the molecule is C=C(C)C1CCC(C)=CC1c1c(O)cc(CCC)c(S(=O)(=O)NC(C)C)c1O.